The van der Waals surface area contributed by atoms with Crippen molar-refractivity contribution in [3.8, 4) is 0 Å². The third-order valence-electron chi connectivity index (χ3n) is 5.41. The molecule has 1 saturated carbocycles. The number of halogens is 1. The number of carbonyl (C=O) groups excluding carboxylic acids is 1. The Bertz CT molecular complexity index is 299. The van der Waals surface area contributed by atoms with E-state index in [1.807, 2.05) is 0 Å². The number of likely N-dealkylation sites (tertiary alicyclic amines) is 1. The normalized spacial score (nSPS) is 30.1. The van der Waals surface area contributed by atoms with E-state index in [-0.39, 0.29) is 18.4 Å². The van der Waals surface area contributed by atoms with Crippen LogP contribution >= 0.6 is 12.4 Å². The summed E-state index contributed by atoms with van der Waals surface area (Å²) in [5.74, 6) is 0.373. The highest BCUT2D eigenvalue weighted by Crippen LogP contribution is 2.44. The molecule has 19 heavy (non-hydrogen) atoms. The molecule has 0 bridgehead atoms. The molecular formula is C15H27ClN2O. The number of hydrogen-bond donors (Lipinski definition) is 1. The van der Waals surface area contributed by atoms with Crippen molar-refractivity contribution in [1.29, 1.82) is 0 Å². The SMILES string of the molecule is Cl.O=C(C1CCCN1)N1CCC2(CCCCC2)CC1. The molecule has 1 spiro atoms. The summed E-state index contributed by atoms with van der Waals surface area (Å²) in [5.41, 5.74) is 0.609. The molecule has 3 rings (SSSR count). The van der Waals surface area contributed by atoms with Crippen LogP contribution in [0, 0.1) is 5.41 Å². The maximum Gasteiger partial charge on any atom is 0.239 e. The largest absolute Gasteiger partial charge is 0.341 e. The van der Waals surface area contributed by atoms with E-state index in [0.29, 0.717) is 11.3 Å². The van der Waals surface area contributed by atoms with Crippen molar-refractivity contribution in [1.82, 2.24) is 10.2 Å². The van der Waals surface area contributed by atoms with E-state index in [9.17, 15) is 4.79 Å². The number of nitrogens with zero attached hydrogens (tertiary/aromatic N) is 1. The number of piperidine rings is 1. The maximum atomic E-state index is 12.3. The second-order valence-electron chi connectivity index (χ2n) is 6.53. The van der Waals surface area contributed by atoms with Crippen LogP contribution < -0.4 is 5.32 Å². The summed E-state index contributed by atoms with van der Waals surface area (Å²) in [6.45, 7) is 3.04. The lowest BCUT2D eigenvalue weighted by Crippen LogP contribution is -2.49. The molecule has 1 N–H and O–H groups in total. The number of nitrogens with one attached hydrogen (secondary N) is 1. The average Bonchev–Trinajstić information content (AvgIpc) is 2.94. The molecule has 4 heteroatoms. The molecule has 2 heterocycles. The molecule has 3 nitrogen and oxygen atoms in total. The van der Waals surface area contributed by atoms with Crippen molar-refractivity contribution in [3.63, 3.8) is 0 Å². The molecule has 0 aromatic rings. The molecule has 1 amide bonds. The molecule has 3 fully saturated rings. The fourth-order valence-electron chi connectivity index (χ4n) is 4.12. The highest BCUT2D eigenvalue weighted by atomic mass is 35.5. The van der Waals surface area contributed by atoms with Gasteiger partial charge in [-0.1, -0.05) is 19.3 Å². The number of hydrogen-bond acceptors (Lipinski definition) is 2. The van der Waals surface area contributed by atoms with Crippen molar-refractivity contribution in [3.05, 3.63) is 0 Å². The molecule has 2 aliphatic heterocycles. The van der Waals surface area contributed by atoms with Gasteiger partial charge in [-0.2, -0.15) is 0 Å². The van der Waals surface area contributed by atoms with Gasteiger partial charge in [0.2, 0.25) is 5.91 Å². The molecule has 0 radical (unpaired) electrons. The van der Waals surface area contributed by atoms with Crippen LogP contribution in [0.4, 0.5) is 0 Å². The Morgan fingerprint density at radius 2 is 1.68 bits per heavy atom. The maximum absolute atomic E-state index is 12.3. The van der Waals surface area contributed by atoms with Crippen LogP contribution in [0.1, 0.15) is 57.8 Å². The minimum atomic E-state index is 0. The molecule has 3 aliphatic rings. The lowest BCUT2D eigenvalue weighted by atomic mass is 9.68. The van der Waals surface area contributed by atoms with Gasteiger partial charge in [-0.05, 0) is 50.5 Å². The number of rotatable bonds is 1. The van der Waals surface area contributed by atoms with Crippen LogP contribution in [-0.2, 0) is 4.79 Å². The van der Waals surface area contributed by atoms with Crippen LogP contribution in [0.2, 0.25) is 0 Å². The Kier molecular flexibility index (Phi) is 5.13. The Morgan fingerprint density at radius 1 is 1.00 bits per heavy atom. The van der Waals surface area contributed by atoms with Crippen molar-refractivity contribution in [2.24, 2.45) is 5.41 Å². The van der Waals surface area contributed by atoms with Crippen molar-refractivity contribution < 1.29 is 4.79 Å². The summed E-state index contributed by atoms with van der Waals surface area (Å²) >= 11 is 0. The Hall–Kier alpha value is -0.280. The van der Waals surface area contributed by atoms with Crippen LogP contribution in [0.15, 0.2) is 0 Å². The second-order valence-corrected chi connectivity index (χ2v) is 6.53. The first-order valence-corrected chi connectivity index (χ1v) is 7.81. The van der Waals surface area contributed by atoms with Gasteiger partial charge in [-0.15, -0.1) is 12.4 Å². The summed E-state index contributed by atoms with van der Waals surface area (Å²) < 4.78 is 0. The van der Waals surface area contributed by atoms with Crippen molar-refractivity contribution >= 4 is 18.3 Å². The monoisotopic (exact) mass is 286 g/mol. The van der Waals surface area contributed by atoms with E-state index in [4.69, 9.17) is 0 Å². The molecule has 1 atom stereocenters. The third-order valence-corrected chi connectivity index (χ3v) is 5.41. The van der Waals surface area contributed by atoms with Gasteiger partial charge in [0.25, 0.3) is 0 Å². The van der Waals surface area contributed by atoms with E-state index in [1.165, 1.54) is 44.9 Å². The zero-order valence-corrected chi connectivity index (χ0v) is 12.6. The van der Waals surface area contributed by atoms with Crippen LogP contribution in [0.25, 0.3) is 0 Å². The van der Waals surface area contributed by atoms with E-state index in [1.54, 1.807) is 0 Å². The van der Waals surface area contributed by atoms with Crippen molar-refractivity contribution in [2.45, 2.75) is 63.8 Å². The van der Waals surface area contributed by atoms with Gasteiger partial charge in [0.05, 0.1) is 6.04 Å². The van der Waals surface area contributed by atoms with Gasteiger partial charge in [0, 0.05) is 13.1 Å². The molecule has 2 saturated heterocycles. The Balaban J connectivity index is 0.00000133. The van der Waals surface area contributed by atoms with Gasteiger partial charge in [0.1, 0.15) is 0 Å². The zero-order chi connectivity index (χ0) is 12.4. The average molecular weight is 287 g/mol. The first kappa shape index (κ1) is 15.1. The highest BCUT2D eigenvalue weighted by Gasteiger charge is 2.38. The van der Waals surface area contributed by atoms with Gasteiger partial charge < -0.3 is 10.2 Å². The molecule has 1 aliphatic carbocycles. The highest BCUT2D eigenvalue weighted by molar-refractivity contribution is 5.85. The number of amides is 1. The van der Waals surface area contributed by atoms with E-state index in [2.05, 4.69) is 10.2 Å². The first-order chi connectivity index (χ1) is 8.79. The van der Waals surface area contributed by atoms with Gasteiger partial charge in [0.15, 0.2) is 0 Å². The lowest BCUT2D eigenvalue weighted by Gasteiger charge is -2.44. The third kappa shape index (κ3) is 3.25. The lowest BCUT2D eigenvalue weighted by molar-refractivity contribution is -0.135. The van der Waals surface area contributed by atoms with Crippen LogP contribution in [0.3, 0.4) is 0 Å². The summed E-state index contributed by atoms with van der Waals surface area (Å²) in [6.07, 6.45) is 11.8. The van der Waals surface area contributed by atoms with Gasteiger partial charge >= 0.3 is 0 Å². The molecule has 110 valence electrons. The molecule has 0 aromatic carbocycles. The second kappa shape index (κ2) is 6.45. The Morgan fingerprint density at radius 3 is 2.26 bits per heavy atom. The topological polar surface area (TPSA) is 32.3 Å². The van der Waals surface area contributed by atoms with Gasteiger partial charge in [-0.25, -0.2) is 0 Å². The standard InChI is InChI=1S/C15H26N2O.ClH/c18-14(13-5-4-10-16-13)17-11-8-15(9-12-17)6-2-1-3-7-15;/h13,16H,1-12H2;1H. The molecular weight excluding hydrogens is 260 g/mol. The Labute approximate surface area is 122 Å². The summed E-state index contributed by atoms with van der Waals surface area (Å²) in [4.78, 5) is 14.5. The van der Waals surface area contributed by atoms with Crippen LogP contribution in [-0.4, -0.2) is 36.5 Å². The summed E-state index contributed by atoms with van der Waals surface area (Å²) in [6, 6.07) is 0.130. The quantitative estimate of drug-likeness (QED) is 0.804. The van der Waals surface area contributed by atoms with Crippen LogP contribution in [0.5, 0.6) is 0 Å². The minimum Gasteiger partial charge on any atom is -0.341 e. The minimum absolute atomic E-state index is 0. The predicted molar refractivity (Wildman–Crippen MR) is 79.6 cm³/mol. The molecule has 0 aromatic heterocycles. The smallest absolute Gasteiger partial charge is 0.239 e. The fourth-order valence-corrected chi connectivity index (χ4v) is 4.12. The van der Waals surface area contributed by atoms with E-state index in [0.717, 1.165) is 32.5 Å². The zero-order valence-electron chi connectivity index (χ0n) is 11.8. The summed E-state index contributed by atoms with van der Waals surface area (Å²) in [7, 11) is 0. The predicted octanol–water partition coefficient (Wildman–Crippen LogP) is 2.73. The number of carbonyl (C=O) groups is 1. The van der Waals surface area contributed by atoms with E-state index >= 15 is 0 Å². The molecule has 1 unspecified atom stereocenters. The summed E-state index contributed by atoms with van der Waals surface area (Å²) in [5, 5.41) is 3.33. The van der Waals surface area contributed by atoms with Gasteiger partial charge in [-0.3, -0.25) is 4.79 Å². The first-order valence-electron chi connectivity index (χ1n) is 7.81. The van der Waals surface area contributed by atoms with Crippen molar-refractivity contribution in [2.75, 3.05) is 19.6 Å². The van der Waals surface area contributed by atoms with E-state index < -0.39 is 0 Å². The fraction of sp³-hybridized carbons (Fsp3) is 0.933.